The van der Waals surface area contributed by atoms with Gasteiger partial charge in [0.25, 0.3) is 0 Å². The van der Waals surface area contributed by atoms with Crippen LogP contribution in [0.3, 0.4) is 0 Å². The molecule has 0 aromatic carbocycles. The van der Waals surface area contributed by atoms with E-state index in [1.165, 1.54) is 6.29 Å². The van der Waals surface area contributed by atoms with E-state index in [1.54, 1.807) is 0 Å². The molecule has 0 unspecified atom stereocenters. The molecule has 0 radical (unpaired) electrons. The maximum absolute atomic E-state index is 9.71. The molecular formula is C5H7Na2O5-. The number of hydrogen-bond donors (Lipinski definition) is 1. The Bertz CT molecular complexity index is 118. The van der Waals surface area contributed by atoms with E-state index >= 15 is 0 Å². The van der Waals surface area contributed by atoms with E-state index in [2.05, 4.69) is 0 Å². The Kier molecular flexibility index (Phi) is 28.1. The summed E-state index contributed by atoms with van der Waals surface area (Å²) in [5.74, 6) is -1.55. The molecular weight excluding hydrogens is 186 g/mol. The molecule has 5 nitrogen and oxygen atoms in total. The molecule has 0 rings (SSSR count). The summed E-state index contributed by atoms with van der Waals surface area (Å²) in [5.41, 5.74) is 0. The SMILES string of the molecule is O=[C-]CC[C@@H](O)C(=O)[O-].[Na+].[Na+].[OH-]. The normalized spacial score (nSPS) is 9.42. The molecule has 0 aliphatic heterocycles. The van der Waals surface area contributed by atoms with Gasteiger partial charge in [-0.15, -0.1) is 6.42 Å². The first-order valence-corrected chi connectivity index (χ1v) is 2.42. The topological polar surface area (TPSA) is 107 Å². The monoisotopic (exact) mass is 193 g/mol. The summed E-state index contributed by atoms with van der Waals surface area (Å²) in [4.78, 5) is 19.2. The third-order valence-electron chi connectivity index (χ3n) is 0.792. The summed E-state index contributed by atoms with van der Waals surface area (Å²) in [6.45, 7) is 0. The predicted octanol–water partition coefficient (Wildman–Crippen LogP) is -8.18. The van der Waals surface area contributed by atoms with Crippen LogP contribution in [-0.2, 0) is 9.59 Å². The van der Waals surface area contributed by atoms with Crippen molar-refractivity contribution in [3.05, 3.63) is 0 Å². The minimum Gasteiger partial charge on any atom is -0.870 e. The average molecular weight is 193 g/mol. The van der Waals surface area contributed by atoms with Gasteiger partial charge in [0.15, 0.2) is 0 Å². The number of aliphatic hydroxyl groups is 1. The molecule has 7 heteroatoms. The minimum atomic E-state index is -1.55. The zero-order valence-corrected chi connectivity index (χ0v) is 11.1. The number of hydrogen-bond acceptors (Lipinski definition) is 5. The van der Waals surface area contributed by atoms with Gasteiger partial charge in [0, 0.05) is 0 Å². The fourth-order valence-corrected chi connectivity index (χ4v) is 0.313. The van der Waals surface area contributed by atoms with Crippen molar-refractivity contribution < 1.29 is 84.4 Å². The van der Waals surface area contributed by atoms with E-state index in [0.29, 0.717) is 0 Å². The van der Waals surface area contributed by atoms with Crippen molar-refractivity contribution >= 4 is 12.3 Å². The molecule has 0 aliphatic carbocycles. The first-order chi connectivity index (χ1) is 4.18. The van der Waals surface area contributed by atoms with Crippen LogP contribution in [0.15, 0.2) is 0 Å². The van der Waals surface area contributed by atoms with Crippen molar-refractivity contribution in [1.29, 1.82) is 0 Å². The van der Waals surface area contributed by atoms with Crippen molar-refractivity contribution in [2.24, 2.45) is 0 Å². The molecule has 0 fully saturated rings. The molecule has 0 spiro atoms. The van der Waals surface area contributed by atoms with Crippen molar-refractivity contribution in [3.8, 4) is 0 Å². The number of carboxylic acid groups (broad SMARTS) is 1. The number of carboxylic acids is 1. The maximum atomic E-state index is 9.71. The quantitative estimate of drug-likeness (QED) is 0.352. The second-order valence-corrected chi connectivity index (χ2v) is 1.52. The fourth-order valence-electron chi connectivity index (χ4n) is 0.313. The summed E-state index contributed by atoms with van der Waals surface area (Å²) in [7, 11) is 0. The Morgan fingerprint density at radius 1 is 1.50 bits per heavy atom. The smallest absolute Gasteiger partial charge is 0.870 e. The van der Waals surface area contributed by atoms with Gasteiger partial charge in [0.1, 0.15) is 0 Å². The number of carbonyl (C=O) groups is 1. The van der Waals surface area contributed by atoms with Crippen LogP contribution in [0.2, 0.25) is 0 Å². The van der Waals surface area contributed by atoms with Crippen LogP contribution in [-0.4, -0.2) is 28.9 Å². The van der Waals surface area contributed by atoms with Gasteiger partial charge in [-0.2, -0.15) is 0 Å². The van der Waals surface area contributed by atoms with Crippen molar-refractivity contribution in [2.75, 3.05) is 0 Å². The van der Waals surface area contributed by atoms with Gasteiger partial charge in [0.05, 0.1) is 12.1 Å². The predicted molar refractivity (Wildman–Crippen MR) is 27.9 cm³/mol. The van der Waals surface area contributed by atoms with E-state index in [-0.39, 0.29) is 77.4 Å². The Balaban J connectivity index is -0.000000107. The van der Waals surface area contributed by atoms with Crippen molar-refractivity contribution in [1.82, 2.24) is 0 Å². The molecule has 1 atom stereocenters. The minimum absolute atomic E-state index is 0. The zero-order valence-electron chi connectivity index (χ0n) is 7.11. The Hall–Kier alpha value is 1.06. The van der Waals surface area contributed by atoms with Crippen LogP contribution >= 0.6 is 0 Å². The molecule has 0 heterocycles. The number of aliphatic carboxylic acids is 1. The Morgan fingerprint density at radius 2 is 1.92 bits per heavy atom. The number of carbonyl (C=O) groups excluding carboxylic acids is 2. The first-order valence-electron chi connectivity index (χ1n) is 2.42. The average Bonchev–Trinajstić information content (AvgIpc) is 1.82. The van der Waals surface area contributed by atoms with Crippen molar-refractivity contribution in [2.45, 2.75) is 18.9 Å². The standard InChI is InChI=1S/C5H7O4.2Na.H2O/c6-3-1-2-4(7)5(8)9;;;/h4,7H,1-2H2,(H,8,9);;;1H2/q-1;2*+1;/p-2/t4-;;;/m1.../s1. The molecule has 0 aliphatic rings. The zero-order chi connectivity index (χ0) is 7.28. The van der Waals surface area contributed by atoms with Crippen molar-refractivity contribution in [3.63, 3.8) is 0 Å². The molecule has 2 N–H and O–H groups in total. The molecule has 0 saturated carbocycles. The van der Waals surface area contributed by atoms with Gasteiger partial charge in [-0.1, -0.05) is 0 Å². The summed E-state index contributed by atoms with van der Waals surface area (Å²) in [5, 5.41) is 18.1. The van der Waals surface area contributed by atoms with Crippen LogP contribution in [0.25, 0.3) is 0 Å². The third kappa shape index (κ3) is 13.6. The van der Waals surface area contributed by atoms with Crippen LogP contribution in [0, 0.1) is 0 Å². The Labute approximate surface area is 114 Å². The summed E-state index contributed by atoms with van der Waals surface area (Å²) in [6.07, 6.45) is -0.277. The summed E-state index contributed by atoms with van der Waals surface area (Å²) in [6, 6.07) is 0. The van der Waals surface area contributed by atoms with E-state index in [0.717, 1.165) is 0 Å². The van der Waals surface area contributed by atoms with E-state index in [9.17, 15) is 14.7 Å². The van der Waals surface area contributed by atoms with Gasteiger partial charge in [0.2, 0.25) is 0 Å². The molecule has 0 aromatic rings. The summed E-state index contributed by atoms with van der Waals surface area (Å²) < 4.78 is 0. The van der Waals surface area contributed by atoms with Crippen LogP contribution < -0.4 is 64.2 Å². The molecule has 60 valence electrons. The van der Waals surface area contributed by atoms with Gasteiger partial charge < -0.3 is 25.3 Å². The molecule has 0 bridgehead atoms. The van der Waals surface area contributed by atoms with E-state index in [1.807, 2.05) is 0 Å². The fraction of sp³-hybridized carbons (Fsp3) is 0.600. The van der Waals surface area contributed by atoms with E-state index in [4.69, 9.17) is 5.11 Å². The van der Waals surface area contributed by atoms with Crippen LogP contribution in [0.1, 0.15) is 12.8 Å². The largest absolute Gasteiger partial charge is 1.00 e. The Morgan fingerprint density at radius 3 is 2.17 bits per heavy atom. The molecule has 0 amide bonds. The van der Waals surface area contributed by atoms with Gasteiger partial charge in [-0.3, -0.25) is 6.29 Å². The van der Waals surface area contributed by atoms with E-state index < -0.39 is 12.1 Å². The first kappa shape index (κ1) is 23.1. The number of aliphatic hydroxyl groups excluding tert-OH is 1. The molecule has 0 saturated heterocycles. The van der Waals surface area contributed by atoms with Crippen LogP contribution in [0.4, 0.5) is 0 Å². The number of rotatable bonds is 4. The second-order valence-electron chi connectivity index (χ2n) is 1.52. The maximum Gasteiger partial charge on any atom is 1.00 e. The van der Waals surface area contributed by atoms with Crippen LogP contribution in [0.5, 0.6) is 0 Å². The van der Waals surface area contributed by atoms with Gasteiger partial charge in [-0.25, -0.2) is 0 Å². The summed E-state index contributed by atoms with van der Waals surface area (Å²) >= 11 is 0. The van der Waals surface area contributed by atoms with Gasteiger partial charge >= 0.3 is 59.1 Å². The third-order valence-corrected chi connectivity index (χ3v) is 0.792. The van der Waals surface area contributed by atoms with Gasteiger partial charge in [-0.05, 0) is 6.42 Å². The second kappa shape index (κ2) is 14.6. The molecule has 0 aromatic heterocycles. The molecule has 12 heavy (non-hydrogen) atoms.